The van der Waals surface area contributed by atoms with Crippen LogP contribution in [-0.4, -0.2) is 39.4 Å². The molecule has 1 amide bonds. The Morgan fingerprint density at radius 1 is 0.879 bits per heavy atom. The molecule has 33 heavy (non-hydrogen) atoms. The van der Waals surface area contributed by atoms with E-state index in [0.717, 1.165) is 55.6 Å². The summed E-state index contributed by atoms with van der Waals surface area (Å²) in [7, 11) is 1.67. The summed E-state index contributed by atoms with van der Waals surface area (Å²) >= 11 is 0. The molecule has 178 valence electrons. The molecule has 4 rings (SSSR count). The van der Waals surface area contributed by atoms with Crippen molar-refractivity contribution in [1.82, 2.24) is 5.32 Å². The van der Waals surface area contributed by atoms with E-state index in [1.165, 1.54) is 12.0 Å². The van der Waals surface area contributed by atoms with Gasteiger partial charge in [0.15, 0.2) is 0 Å². The molecular formula is C28H37NO4. The number of ether oxygens (including phenoxy) is 3. The number of carbonyl (C=O) groups is 1. The Kier molecular flexibility index (Phi) is 7.59. The van der Waals surface area contributed by atoms with Gasteiger partial charge in [0.2, 0.25) is 5.91 Å². The quantitative estimate of drug-likeness (QED) is 0.602. The Balaban J connectivity index is 1.56. The average Bonchev–Trinajstić information content (AvgIpc) is 2.89. The van der Waals surface area contributed by atoms with Crippen LogP contribution in [0.15, 0.2) is 48.5 Å². The summed E-state index contributed by atoms with van der Waals surface area (Å²) in [6.07, 6.45) is 6.94. The molecule has 0 bridgehead atoms. The number of benzene rings is 2. The highest BCUT2D eigenvalue weighted by atomic mass is 16.5. The van der Waals surface area contributed by atoms with Gasteiger partial charge in [0.1, 0.15) is 11.5 Å². The molecule has 0 spiro atoms. The van der Waals surface area contributed by atoms with E-state index in [2.05, 4.69) is 29.6 Å². The van der Waals surface area contributed by atoms with Crippen LogP contribution in [0.3, 0.4) is 0 Å². The van der Waals surface area contributed by atoms with Crippen LogP contribution in [0.25, 0.3) is 0 Å². The van der Waals surface area contributed by atoms with Crippen molar-refractivity contribution in [1.29, 1.82) is 0 Å². The number of rotatable bonds is 8. The number of methoxy groups -OCH3 is 1. The minimum Gasteiger partial charge on any atom is -0.497 e. The maximum Gasteiger partial charge on any atom is 0.230 e. The van der Waals surface area contributed by atoms with Gasteiger partial charge in [0.05, 0.1) is 19.1 Å². The molecule has 5 nitrogen and oxygen atoms in total. The van der Waals surface area contributed by atoms with Gasteiger partial charge >= 0.3 is 0 Å². The predicted molar refractivity (Wildman–Crippen MR) is 130 cm³/mol. The van der Waals surface area contributed by atoms with Crippen molar-refractivity contribution in [3.8, 4) is 11.5 Å². The summed E-state index contributed by atoms with van der Waals surface area (Å²) in [4.78, 5) is 13.8. The monoisotopic (exact) mass is 451 g/mol. The number of hydrogen-bond acceptors (Lipinski definition) is 4. The van der Waals surface area contributed by atoms with Crippen molar-refractivity contribution in [3.63, 3.8) is 0 Å². The molecule has 1 heterocycles. The molecule has 1 saturated carbocycles. The Hall–Kier alpha value is -2.53. The van der Waals surface area contributed by atoms with E-state index >= 15 is 0 Å². The number of hydrogen-bond donors (Lipinski definition) is 1. The molecule has 2 fully saturated rings. The molecule has 0 atom stereocenters. The van der Waals surface area contributed by atoms with E-state index in [1.54, 1.807) is 7.11 Å². The Morgan fingerprint density at radius 3 is 2.09 bits per heavy atom. The first-order valence-electron chi connectivity index (χ1n) is 12.4. The second-order valence-electron chi connectivity index (χ2n) is 9.40. The first kappa shape index (κ1) is 23.6. The number of carbonyl (C=O) groups excluding carboxylic acids is 1. The lowest BCUT2D eigenvalue weighted by Crippen LogP contribution is -2.51. The second kappa shape index (κ2) is 10.6. The molecule has 1 saturated heterocycles. The normalized spacial score (nSPS) is 19.5. The molecule has 0 radical (unpaired) electrons. The van der Waals surface area contributed by atoms with E-state index in [9.17, 15) is 4.79 Å². The molecule has 0 unspecified atom stereocenters. The average molecular weight is 452 g/mol. The van der Waals surface area contributed by atoms with E-state index in [-0.39, 0.29) is 11.3 Å². The third-order valence-corrected chi connectivity index (χ3v) is 7.60. The van der Waals surface area contributed by atoms with Gasteiger partial charge in [-0.2, -0.15) is 0 Å². The summed E-state index contributed by atoms with van der Waals surface area (Å²) < 4.78 is 16.7. The third-order valence-electron chi connectivity index (χ3n) is 7.60. The van der Waals surface area contributed by atoms with Crippen molar-refractivity contribution in [2.45, 2.75) is 62.7 Å². The van der Waals surface area contributed by atoms with E-state index in [4.69, 9.17) is 14.2 Å². The molecule has 2 aliphatic rings. The van der Waals surface area contributed by atoms with Crippen LogP contribution in [0.4, 0.5) is 0 Å². The van der Waals surface area contributed by atoms with Crippen LogP contribution < -0.4 is 14.8 Å². The minimum atomic E-state index is -0.463. The minimum absolute atomic E-state index is 0.117. The van der Waals surface area contributed by atoms with E-state index in [0.29, 0.717) is 26.4 Å². The molecule has 1 N–H and O–H groups in total. The lowest BCUT2D eigenvalue weighted by atomic mass is 9.68. The number of nitrogens with one attached hydrogen (secondary N) is 1. The zero-order valence-electron chi connectivity index (χ0n) is 20.0. The molecule has 0 aromatic heterocycles. The summed E-state index contributed by atoms with van der Waals surface area (Å²) in [5.74, 6) is 1.86. The highest BCUT2D eigenvalue weighted by Gasteiger charge is 2.43. The Bertz CT molecular complexity index is 894. The van der Waals surface area contributed by atoms with Gasteiger partial charge in [-0.15, -0.1) is 0 Å². The van der Waals surface area contributed by atoms with Crippen LogP contribution >= 0.6 is 0 Å². The first-order chi connectivity index (χ1) is 16.1. The highest BCUT2D eigenvalue weighted by molar-refractivity contribution is 5.88. The maximum atomic E-state index is 13.8. The van der Waals surface area contributed by atoms with Crippen molar-refractivity contribution in [2.75, 3.05) is 33.5 Å². The summed E-state index contributed by atoms with van der Waals surface area (Å²) in [5.41, 5.74) is 1.77. The summed E-state index contributed by atoms with van der Waals surface area (Å²) in [6, 6.07) is 16.5. The molecule has 2 aromatic rings. The fraction of sp³-hybridized carbons (Fsp3) is 0.536. The second-order valence-corrected chi connectivity index (χ2v) is 9.40. The lowest BCUT2D eigenvalue weighted by Gasteiger charge is -2.41. The predicted octanol–water partition coefficient (Wildman–Crippen LogP) is 5.16. The molecule has 2 aromatic carbocycles. The first-order valence-corrected chi connectivity index (χ1v) is 12.4. The van der Waals surface area contributed by atoms with Gasteiger partial charge in [0.25, 0.3) is 0 Å². The van der Waals surface area contributed by atoms with Crippen LogP contribution in [0.5, 0.6) is 11.5 Å². The summed E-state index contributed by atoms with van der Waals surface area (Å²) in [5, 5.41) is 3.41. The molecule has 1 aliphatic carbocycles. The molecular weight excluding hydrogens is 414 g/mol. The number of amides is 1. The smallest absolute Gasteiger partial charge is 0.230 e. The summed E-state index contributed by atoms with van der Waals surface area (Å²) in [6.45, 7) is 4.70. The van der Waals surface area contributed by atoms with Gasteiger partial charge < -0.3 is 19.5 Å². The van der Waals surface area contributed by atoms with Gasteiger partial charge in [-0.05, 0) is 68.0 Å². The van der Waals surface area contributed by atoms with Crippen molar-refractivity contribution in [2.24, 2.45) is 0 Å². The fourth-order valence-corrected chi connectivity index (χ4v) is 5.53. The van der Waals surface area contributed by atoms with Crippen LogP contribution in [0.2, 0.25) is 0 Å². The van der Waals surface area contributed by atoms with E-state index in [1.807, 2.05) is 31.2 Å². The van der Waals surface area contributed by atoms with Crippen LogP contribution in [-0.2, 0) is 20.4 Å². The SMILES string of the molecule is CCOc1ccc(C2(CNC(=O)C3(c4ccc(OC)cc4)CCCCC3)CCOCC2)cc1. The lowest BCUT2D eigenvalue weighted by molar-refractivity contribution is -0.128. The molecule has 1 aliphatic heterocycles. The maximum absolute atomic E-state index is 13.8. The van der Waals surface area contributed by atoms with Gasteiger partial charge in [-0.25, -0.2) is 0 Å². The largest absolute Gasteiger partial charge is 0.497 e. The molecule has 5 heteroatoms. The fourth-order valence-electron chi connectivity index (χ4n) is 5.53. The van der Waals surface area contributed by atoms with Crippen LogP contribution in [0, 0.1) is 0 Å². The zero-order valence-corrected chi connectivity index (χ0v) is 20.0. The van der Waals surface area contributed by atoms with Gasteiger partial charge in [0, 0.05) is 25.2 Å². The zero-order chi connectivity index (χ0) is 23.2. The van der Waals surface area contributed by atoms with Gasteiger partial charge in [-0.1, -0.05) is 43.5 Å². The van der Waals surface area contributed by atoms with E-state index < -0.39 is 5.41 Å². The third kappa shape index (κ3) is 5.03. The Morgan fingerprint density at radius 2 is 1.48 bits per heavy atom. The standard InChI is InChI=1S/C28H37NO4/c1-3-33-25-13-7-22(8-14-25)27(17-19-32-20-18-27)21-29-26(30)28(15-5-4-6-16-28)23-9-11-24(31-2)12-10-23/h7-14H,3-6,15-21H2,1-2H3,(H,29,30). The highest BCUT2D eigenvalue weighted by Crippen LogP contribution is 2.41. The topological polar surface area (TPSA) is 56.8 Å². The van der Waals surface area contributed by atoms with Crippen molar-refractivity contribution in [3.05, 3.63) is 59.7 Å². The Labute approximate surface area is 197 Å². The van der Waals surface area contributed by atoms with Gasteiger partial charge in [-0.3, -0.25) is 4.79 Å². The van der Waals surface area contributed by atoms with Crippen molar-refractivity contribution < 1.29 is 19.0 Å². The van der Waals surface area contributed by atoms with Crippen molar-refractivity contribution >= 4 is 5.91 Å². The van der Waals surface area contributed by atoms with Crippen LogP contribution in [0.1, 0.15) is 63.0 Å².